The van der Waals surface area contributed by atoms with Gasteiger partial charge < -0.3 is 5.32 Å². The maximum Gasteiger partial charge on any atom is 0.0843 e. The van der Waals surface area contributed by atoms with Gasteiger partial charge in [-0.05, 0) is 67.0 Å². The Hall–Kier alpha value is 0.800. The number of nitrogens with one attached hydrogen (secondary N) is 1. The van der Waals surface area contributed by atoms with Crippen LogP contribution in [-0.4, -0.2) is 7.05 Å². The summed E-state index contributed by atoms with van der Waals surface area (Å²) in [7, 11) is 2.01. The van der Waals surface area contributed by atoms with Crippen LogP contribution in [0.3, 0.4) is 0 Å². The number of hydrogen-bond acceptors (Lipinski definition) is 3. The highest BCUT2D eigenvalue weighted by molar-refractivity contribution is 9.13. The molecule has 0 radical (unpaired) electrons. The fourth-order valence-corrected chi connectivity index (χ4v) is 5.24. The van der Waals surface area contributed by atoms with Gasteiger partial charge in [-0.25, -0.2) is 0 Å². The van der Waals surface area contributed by atoms with Gasteiger partial charge in [0, 0.05) is 36.5 Å². The van der Waals surface area contributed by atoms with Crippen LogP contribution in [-0.2, 0) is 6.42 Å². The van der Waals surface area contributed by atoms with Crippen molar-refractivity contribution in [1.82, 2.24) is 5.32 Å². The second-order valence-electron chi connectivity index (χ2n) is 3.55. The number of likely N-dealkylation sites (N-methyl/N-ethyl adjacent to an activating group) is 1. The molecule has 2 heterocycles. The molecule has 0 aliphatic rings. The molecule has 0 aliphatic carbocycles. The minimum Gasteiger partial charge on any atom is -0.312 e. The zero-order chi connectivity index (χ0) is 12.4. The molecular weight excluding hydrogens is 450 g/mol. The Morgan fingerprint density at radius 2 is 2.06 bits per heavy atom. The maximum absolute atomic E-state index is 3.54. The molecule has 0 saturated heterocycles. The Morgan fingerprint density at radius 1 is 1.29 bits per heavy atom. The van der Waals surface area contributed by atoms with Crippen LogP contribution in [0.5, 0.6) is 0 Å². The molecule has 1 atom stereocenters. The monoisotopic (exact) mass is 457 g/mol. The average Bonchev–Trinajstić information content (AvgIpc) is 2.83. The summed E-state index contributed by atoms with van der Waals surface area (Å²) in [5.74, 6) is 0. The highest BCUT2D eigenvalue weighted by Crippen LogP contribution is 2.37. The van der Waals surface area contributed by atoms with Crippen LogP contribution < -0.4 is 5.32 Å². The maximum atomic E-state index is 3.54. The summed E-state index contributed by atoms with van der Waals surface area (Å²) in [6.45, 7) is 0. The molecular formula is C11H10Br3NS2. The van der Waals surface area contributed by atoms with Crippen molar-refractivity contribution in [3.63, 3.8) is 0 Å². The van der Waals surface area contributed by atoms with E-state index in [-0.39, 0.29) is 0 Å². The van der Waals surface area contributed by atoms with Gasteiger partial charge in [0.05, 0.1) is 3.79 Å². The predicted molar refractivity (Wildman–Crippen MR) is 87.2 cm³/mol. The largest absolute Gasteiger partial charge is 0.312 e. The molecule has 92 valence electrons. The molecule has 0 saturated carbocycles. The first-order valence-electron chi connectivity index (χ1n) is 4.95. The van der Waals surface area contributed by atoms with Crippen molar-refractivity contribution in [2.45, 2.75) is 12.5 Å². The molecule has 0 aromatic carbocycles. The summed E-state index contributed by atoms with van der Waals surface area (Å²) >= 11 is 14.1. The van der Waals surface area contributed by atoms with Gasteiger partial charge in [-0.2, -0.15) is 0 Å². The Morgan fingerprint density at radius 3 is 2.53 bits per heavy atom. The lowest BCUT2D eigenvalue weighted by atomic mass is 10.1. The Bertz CT molecular complexity index is 487. The molecule has 1 nitrogen and oxygen atoms in total. The zero-order valence-corrected chi connectivity index (χ0v) is 15.4. The molecule has 17 heavy (non-hydrogen) atoms. The first-order valence-corrected chi connectivity index (χ1v) is 9.02. The Balaban J connectivity index is 2.16. The molecule has 1 N–H and O–H groups in total. The molecule has 1 unspecified atom stereocenters. The second-order valence-corrected chi connectivity index (χ2v) is 8.71. The van der Waals surface area contributed by atoms with Crippen molar-refractivity contribution < 1.29 is 0 Å². The highest BCUT2D eigenvalue weighted by atomic mass is 79.9. The minimum absolute atomic E-state index is 0.369. The fourth-order valence-electron chi connectivity index (χ4n) is 1.54. The van der Waals surface area contributed by atoms with Gasteiger partial charge in [0.2, 0.25) is 0 Å². The number of halogens is 3. The van der Waals surface area contributed by atoms with E-state index in [0.717, 1.165) is 14.7 Å². The van der Waals surface area contributed by atoms with Crippen LogP contribution in [0.4, 0.5) is 0 Å². The Labute approximate surface area is 134 Å². The van der Waals surface area contributed by atoms with E-state index in [2.05, 4.69) is 70.6 Å². The van der Waals surface area contributed by atoms with Gasteiger partial charge in [0.15, 0.2) is 0 Å². The highest BCUT2D eigenvalue weighted by Gasteiger charge is 2.15. The van der Waals surface area contributed by atoms with Crippen molar-refractivity contribution in [2.24, 2.45) is 0 Å². The normalized spacial score (nSPS) is 12.9. The Kier molecular flexibility index (Phi) is 5.27. The number of hydrogen-bond donors (Lipinski definition) is 1. The third kappa shape index (κ3) is 3.64. The van der Waals surface area contributed by atoms with Gasteiger partial charge in [-0.3, -0.25) is 0 Å². The summed E-state index contributed by atoms with van der Waals surface area (Å²) in [6, 6.07) is 4.73. The first kappa shape index (κ1) is 14.2. The van der Waals surface area contributed by atoms with Crippen LogP contribution in [0.15, 0.2) is 30.2 Å². The van der Waals surface area contributed by atoms with Crippen LogP contribution in [0.1, 0.15) is 15.8 Å². The van der Waals surface area contributed by atoms with Gasteiger partial charge in [0.25, 0.3) is 0 Å². The van der Waals surface area contributed by atoms with E-state index in [4.69, 9.17) is 0 Å². The summed E-state index contributed by atoms with van der Waals surface area (Å²) in [4.78, 5) is 2.73. The average molecular weight is 460 g/mol. The molecule has 0 amide bonds. The lowest BCUT2D eigenvalue weighted by Gasteiger charge is -2.12. The molecule has 0 aliphatic heterocycles. The third-order valence-corrected chi connectivity index (χ3v) is 7.47. The molecule has 0 fully saturated rings. The smallest absolute Gasteiger partial charge is 0.0843 e. The fraction of sp³-hybridized carbons (Fsp3) is 0.273. The van der Waals surface area contributed by atoms with Gasteiger partial charge in [0.1, 0.15) is 0 Å². The molecule has 6 heteroatoms. The van der Waals surface area contributed by atoms with Crippen LogP contribution >= 0.6 is 70.5 Å². The molecule has 0 bridgehead atoms. The van der Waals surface area contributed by atoms with Crippen molar-refractivity contribution in [3.8, 4) is 0 Å². The van der Waals surface area contributed by atoms with E-state index < -0.39 is 0 Å². The summed E-state index contributed by atoms with van der Waals surface area (Å²) in [5.41, 5.74) is 0. The van der Waals surface area contributed by atoms with Gasteiger partial charge in [-0.15, -0.1) is 22.7 Å². The minimum atomic E-state index is 0.369. The second kappa shape index (κ2) is 6.30. The lowest BCUT2D eigenvalue weighted by molar-refractivity contribution is 0.606. The van der Waals surface area contributed by atoms with E-state index in [1.54, 1.807) is 22.7 Å². The quantitative estimate of drug-likeness (QED) is 0.627. The summed E-state index contributed by atoms with van der Waals surface area (Å²) in [5, 5.41) is 5.50. The molecule has 0 spiro atoms. The van der Waals surface area contributed by atoms with Crippen molar-refractivity contribution >= 4 is 70.5 Å². The van der Waals surface area contributed by atoms with E-state index in [9.17, 15) is 0 Å². The predicted octanol–water partition coefficient (Wildman–Crippen LogP) is 5.60. The zero-order valence-electron chi connectivity index (χ0n) is 8.97. The van der Waals surface area contributed by atoms with Crippen molar-refractivity contribution in [1.29, 1.82) is 0 Å². The van der Waals surface area contributed by atoms with E-state index in [0.29, 0.717) is 6.04 Å². The summed E-state index contributed by atoms with van der Waals surface area (Å²) in [6.07, 6.45) is 1.02. The van der Waals surface area contributed by atoms with Crippen LogP contribution in [0.25, 0.3) is 0 Å². The molecule has 2 aromatic rings. The SMILES string of the molecule is CNC(Cc1cc(Br)cs1)c1cc(Br)c(Br)s1. The summed E-state index contributed by atoms with van der Waals surface area (Å²) < 4.78 is 3.45. The lowest BCUT2D eigenvalue weighted by Crippen LogP contribution is -2.17. The molecule has 2 aromatic heterocycles. The topological polar surface area (TPSA) is 12.0 Å². The van der Waals surface area contributed by atoms with E-state index in [1.165, 1.54) is 14.2 Å². The van der Waals surface area contributed by atoms with E-state index >= 15 is 0 Å². The molecule has 2 rings (SSSR count). The van der Waals surface area contributed by atoms with E-state index in [1.807, 2.05) is 7.05 Å². The van der Waals surface area contributed by atoms with Crippen LogP contribution in [0, 0.1) is 0 Å². The third-order valence-electron chi connectivity index (χ3n) is 2.38. The standard InChI is InChI=1S/C11H10Br3NS2/c1-15-9(3-7-2-6(12)5-16-7)10-4-8(13)11(14)17-10/h2,4-5,9,15H,3H2,1H3. The van der Waals surface area contributed by atoms with Gasteiger partial charge in [-0.1, -0.05) is 0 Å². The van der Waals surface area contributed by atoms with Crippen molar-refractivity contribution in [2.75, 3.05) is 7.05 Å². The first-order chi connectivity index (χ1) is 8.10. The number of rotatable bonds is 4. The van der Waals surface area contributed by atoms with Crippen molar-refractivity contribution in [3.05, 3.63) is 40.0 Å². The van der Waals surface area contributed by atoms with Crippen LogP contribution in [0.2, 0.25) is 0 Å². The van der Waals surface area contributed by atoms with Gasteiger partial charge >= 0.3 is 0 Å². The number of thiophene rings is 2.